The van der Waals surface area contributed by atoms with Gasteiger partial charge in [0.25, 0.3) is 5.91 Å². The highest BCUT2D eigenvalue weighted by Gasteiger charge is 2.17. The Balaban J connectivity index is 1.65. The van der Waals surface area contributed by atoms with Gasteiger partial charge in [0.2, 0.25) is 0 Å². The summed E-state index contributed by atoms with van der Waals surface area (Å²) in [4.78, 5) is 16.4. The molecule has 0 fully saturated rings. The van der Waals surface area contributed by atoms with Gasteiger partial charge in [0, 0.05) is 10.9 Å². The SMILES string of the molecule is CC(Oc1ccc(F)cc1)C(=O)Nc1nc(-c2ccc(F)c(F)c2)cs1. The quantitative estimate of drug-likeness (QED) is 0.704. The molecule has 4 nitrogen and oxygen atoms in total. The third kappa shape index (κ3) is 4.20. The van der Waals surface area contributed by atoms with Crippen molar-refractivity contribution < 1.29 is 22.7 Å². The number of benzene rings is 2. The second-order valence-electron chi connectivity index (χ2n) is 5.37. The molecule has 1 heterocycles. The summed E-state index contributed by atoms with van der Waals surface area (Å²) in [6.07, 6.45) is -0.837. The molecule has 0 aliphatic heterocycles. The molecule has 8 heteroatoms. The van der Waals surface area contributed by atoms with Crippen molar-refractivity contribution in [1.82, 2.24) is 4.98 Å². The molecule has 1 unspecified atom stereocenters. The topological polar surface area (TPSA) is 51.2 Å². The summed E-state index contributed by atoms with van der Waals surface area (Å²) in [5.74, 6) is -2.40. The van der Waals surface area contributed by atoms with Gasteiger partial charge >= 0.3 is 0 Å². The predicted octanol–water partition coefficient (Wildman–Crippen LogP) is 4.63. The number of halogens is 3. The summed E-state index contributed by atoms with van der Waals surface area (Å²) in [7, 11) is 0. The smallest absolute Gasteiger partial charge is 0.266 e. The first-order chi connectivity index (χ1) is 12.4. The van der Waals surface area contributed by atoms with E-state index in [4.69, 9.17) is 4.74 Å². The molecule has 0 saturated heterocycles. The molecular formula is C18H13F3N2O2S. The second kappa shape index (κ2) is 7.57. The van der Waals surface area contributed by atoms with Crippen molar-refractivity contribution in [2.45, 2.75) is 13.0 Å². The van der Waals surface area contributed by atoms with Gasteiger partial charge in [-0.15, -0.1) is 11.3 Å². The van der Waals surface area contributed by atoms with E-state index in [1.807, 2.05) is 0 Å². The number of hydrogen-bond acceptors (Lipinski definition) is 4. The molecule has 0 aliphatic rings. The molecule has 2 aromatic carbocycles. The van der Waals surface area contributed by atoms with E-state index in [0.717, 1.165) is 23.5 Å². The van der Waals surface area contributed by atoms with E-state index in [9.17, 15) is 18.0 Å². The van der Waals surface area contributed by atoms with Gasteiger partial charge in [-0.05, 0) is 49.4 Å². The Hall–Kier alpha value is -2.87. The molecule has 1 atom stereocenters. The minimum Gasteiger partial charge on any atom is -0.481 e. The Bertz CT molecular complexity index is 928. The number of nitrogens with one attached hydrogen (secondary N) is 1. The summed E-state index contributed by atoms with van der Waals surface area (Å²) in [5.41, 5.74) is 0.813. The first kappa shape index (κ1) is 17.9. The average Bonchev–Trinajstić information content (AvgIpc) is 3.07. The van der Waals surface area contributed by atoms with Crippen molar-refractivity contribution >= 4 is 22.4 Å². The van der Waals surface area contributed by atoms with Crippen LogP contribution in [0.15, 0.2) is 47.8 Å². The molecule has 0 bridgehead atoms. The molecule has 0 radical (unpaired) electrons. The van der Waals surface area contributed by atoms with Crippen LogP contribution in [0.1, 0.15) is 6.92 Å². The van der Waals surface area contributed by atoms with Crippen molar-refractivity contribution in [3.8, 4) is 17.0 Å². The van der Waals surface area contributed by atoms with Crippen LogP contribution in [0, 0.1) is 17.5 Å². The van der Waals surface area contributed by atoms with E-state index in [2.05, 4.69) is 10.3 Å². The first-order valence-corrected chi connectivity index (χ1v) is 8.44. The van der Waals surface area contributed by atoms with Crippen molar-refractivity contribution in [3.05, 3.63) is 65.3 Å². The average molecular weight is 378 g/mol. The van der Waals surface area contributed by atoms with Crippen molar-refractivity contribution in [2.75, 3.05) is 5.32 Å². The Morgan fingerprint density at radius 2 is 1.85 bits per heavy atom. The van der Waals surface area contributed by atoms with Crippen molar-refractivity contribution in [1.29, 1.82) is 0 Å². The van der Waals surface area contributed by atoms with Crippen LogP contribution >= 0.6 is 11.3 Å². The Kier molecular flexibility index (Phi) is 5.22. The van der Waals surface area contributed by atoms with Gasteiger partial charge in [-0.3, -0.25) is 10.1 Å². The lowest BCUT2D eigenvalue weighted by molar-refractivity contribution is -0.122. The van der Waals surface area contributed by atoms with E-state index in [0.29, 0.717) is 22.1 Å². The maximum atomic E-state index is 13.3. The first-order valence-electron chi connectivity index (χ1n) is 7.56. The molecule has 3 rings (SSSR count). The normalized spacial score (nSPS) is 11.8. The number of rotatable bonds is 5. The molecule has 3 aromatic rings. The lowest BCUT2D eigenvalue weighted by atomic mass is 10.2. The molecule has 1 N–H and O–H groups in total. The standard InChI is InChI=1S/C18H13F3N2O2S/c1-10(25-13-5-3-12(19)4-6-13)17(24)23-18-22-16(9-26-18)11-2-7-14(20)15(21)8-11/h2-10H,1H3,(H,22,23,24). The number of nitrogens with zero attached hydrogens (tertiary/aromatic N) is 1. The van der Waals surface area contributed by atoms with Gasteiger partial charge in [0.05, 0.1) is 5.69 Å². The highest BCUT2D eigenvalue weighted by Crippen LogP contribution is 2.26. The fourth-order valence-corrected chi connectivity index (χ4v) is 2.82. The Morgan fingerprint density at radius 3 is 2.54 bits per heavy atom. The molecule has 0 spiro atoms. The summed E-state index contributed by atoms with van der Waals surface area (Å²) >= 11 is 1.14. The zero-order valence-electron chi connectivity index (χ0n) is 13.5. The van der Waals surface area contributed by atoms with Crippen LogP contribution in [0.25, 0.3) is 11.3 Å². The number of thiazole rings is 1. The number of hydrogen-bond donors (Lipinski definition) is 1. The molecule has 0 aliphatic carbocycles. The largest absolute Gasteiger partial charge is 0.481 e. The molecule has 134 valence electrons. The minimum atomic E-state index is -0.970. The van der Waals surface area contributed by atoms with Crippen LogP contribution in [0.2, 0.25) is 0 Å². The highest BCUT2D eigenvalue weighted by atomic mass is 32.1. The van der Waals surface area contributed by atoms with Crippen LogP contribution in [0.4, 0.5) is 18.3 Å². The monoisotopic (exact) mass is 378 g/mol. The van der Waals surface area contributed by atoms with Gasteiger partial charge in [0.15, 0.2) is 22.9 Å². The van der Waals surface area contributed by atoms with Crippen molar-refractivity contribution in [2.24, 2.45) is 0 Å². The van der Waals surface area contributed by atoms with Gasteiger partial charge in [0.1, 0.15) is 11.6 Å². The molecular weight excluding hydrogens is 365 g/mol. The summed E-state index contributed by atoms with van der Waals surface area (Å²) < 4.78 is 44.6. The van der Waals surface area contributed by atoms with Gasteiger partial charge in [-0.2, -0.15) is 0 Å². The van der Waals surface area contributed by atoms with E-state index in [1.165, 1.54) is 30.3 Å². The summed E-state index contributed by atoms with van der Waals surface area (Å²) in [6.45, 7) is 1.54. The third-order valence-corrected chi connectivity index (χ3v) is 4.20. The van der Waals surface area contributed by atoms with Gasteiger partial charge in [-0.25, -0.2) is 18.2 Å². The minimum absolute atomic E-state index is 0.296. The molecule has 26 heavy (non-hydrogen) atoms. The fourth-order valence-electron chi connectivity index (χ4n) is 2.10. The third-order valence-electron chi connectivity index (χ3n) is 3.45. The number of ether oxygens (including phenoxy) is 1. The van der Waals surface area contributed by atoms with Crippen LogP contribution in [-0.2, 0) is 4.79 Å². The van der Waals surface area contributed by atoms with Crippen LogP contribution in [0.5, 0.6) is 5.75 Å². The van der Waals surface area contributed by atoms with Crippen LogP contribution in [0.3, 0.4) is 0 Å². The fraction of sp³-hybridized carbons (Fsp3) is 0.111. The van der Waals surface area contributed by atoms with Crippen molar-refractivity contribution in [3.63, 3.8) is 0 Å². The Morgan fingerprint density at radius 1 is 1.12 bits per heavy atom. The Labute approximate surface area is 151 Å². The zero-order valence-corrected chi connectivity index (χ0v) is 14.3. The number of carbonyl (C=O) groups is 1. The van der Waals surface area contributed by atoms with E-state index >= 15 is 0 Å². The number of aromatic nitrogens is 1. The summed E-state index contributed by atoms with van der Waals surface area (Å²) in [5, 5.41) is 4.51. The lowest BCUT2D eigenvalue weighted by Gasteiger charge is -2.13. The summed E-state index contributed by atoms with van der Waals surface area (Å²) in [6, 6.07) is 8.76. The maximum Gasteiger partial charge on any atom is 0.266 e. The van der Waals surface area contributed by atoms with E-state index in [-0.39, 0.29) is 0 Å². The number of amides is 1. The maximum absolute atomic E-state index is 13.3. The zero-order chi connectivity index (χ0) is 18.7. The second-order valence-corrected chi connectivity index (χ2v) is 6.23. The number of carbonyl (C=O) groups excluding carboxylic acids is 1. The van der Waals surface area contributed by atoms with Gasteiger partial charge in [-0.1, -0.05) is 0 Å². The van der Waals surface area contributed by atoms with Crippen LogP contribution < -0.4 is 10.1 Å². The van der Waals surface area contributed by atoms with Gasteiger partial charge < -0.3 is 4.74 Å². The molecule has 1 aromatic heterocycles. The van der Waals surface area contributed by atoms with E-state index in [1.54, 1.807) is 12.3 Å². The van der Waals surface area contributed by atoms with E-state index < -0.39 is 29.5 Å². The predicted molar refractivity (Wildman–Crippen MR) is 92.6 cm³/mol. The van der Waals surface area contributed by atoms with Crippen LogP contribution in [-0.4, -0.2) is 17.0 Å². The molecule has 0 saturated carbocycles. The highest BCUT2D eigenvalue weighted by molar-refractivity contribution is 7.14. The lowest BCUT2D eigenvalue weighted by Crippen LogP contribution is -2.30. The molecule has 1 amide bonds. The number of anilines is 1.